The minimum absolute atomic E-state index is 0.846. The molecule has 2 heterocycles. The highest BCUT2D eigenvalue weighted by atomic mass is 15.1. The van der Waals surface area contributed by atoms with E-state index in [0.717, 1.165) is 25.2 Å². The molecule has 0 radical (unpaired) electrons. The van der Waals surface area contributed by atoms with Crippen molar-refractivity contribution in [2.24, 2.45) is 0 Å². The van der Waals surface area contributed by atoms with Crippen molar-refractivity contribution in [3.63, 3.8) is 0 Å². The van der Waals surface area contributed by atoms with Crippen molar-refractivity contribution in [1.82, 2.24) is 19.9 Å². The van der Waals surface area contributed by atoms with E-state index in [1.807, 2.05) is 18.6 Å². The first kappa shape index (κ1) is 13.8. The van der Waals surface area contributed by atoms with E-state index in [-0.39, 0.29) is 0 Å². The maximum absolute atomic E-state index is 4.48. The highest BCUT2D eigenvalue weighted by Crippen LogP contribution is 2.18. The molecule has 0 saturated carbocycles. The maximum atomic E-state index is 4.48. The summed E-state index contributed by atoms with van der Waals surface area (Å²) in [5, 5.41) is 3.44. The van der Waals surface area contributed by atoms with E-state index in [2.05, 4.69) is 51.9 Å². The SMILES string of the molecule is Cc1cc2ncn(CCNCc3cccnc3)c2cc1C. The number of nitrogens with one attached hydrogen (secondary N) is 1. The minimum atomic E-state index is 0.846. The second-order valence-electron chi connectivity index (χ2n) is 5.40. The van der Waals surface area contributed by atoms with Crippen molar-refractivity contribution in [3.8, 4) is 0 Å². The largest absolute Gasteiger partial charge is 0.329 e. The Morgan fingerprint density at radius 3 is 2.86 bits per heavy atom. The summed E-state index contributed by atoms with van der Waals surface area (Å²) in [6.07, 6.45) is 5.62. The van der Waals surface area contributed by atoms with Crippen LogP contribution in [-0.2, 0) is 13.1 Å². The third kappa shape index (κ3) is 3.11. The molecule has 0 aliphatic carbocycles. The second kappa shape index (κ2) is 6.06. The Balaban J connectivity index is 1.62. The van der Waals surface area contributed by atoms with Gasteiger partial charge in [-0.25, -0.2) is 4.98 Å². The first-order valence-corrected chi connectivity index (χ1v) is 7.26. The van der Waals surface area contributed by atoms with Crippen LogP contribution in [0.2, 0.25) is 0 Å². The van der Waals surface area contributed by atoms with Crippen LogP contribution in [0.5, 0.6) is 0 Å². The van der Waals surface area contributed by atoms with E-state index in [4.69, 9.17) is 0 Å². The summed E-state index contributed by atoms with van der Waals surface area (Å²) in [5.41, 5.74) is 6.10. The number of fused-ring (bicyclic) bond motifs is 1. The van der Waals surface area contributed by atoms with Crippen LogP contribution in [0.25, 0.3) is 11.0 Å². The molecule has 4 nitrogen and oxygen atoms in total. The van der Waals surface area contributed by atoms with Crippen molar-refractivity contribution in [1.29, 1.82) is 0 Å². The zero-order valence-electron chi connectivity index (χ0n) is 12.5. The van der Waals surface area contributed by atoms with Gasteiger partial charge in [0.1, 0.15) is 0 Å². The lowest BCUT2D eigenvalue weighted by Crippen LogP contribution is -2.19. The molecular formula is C17H20N4. The third-order valence-electron chi connectivity index (χ3n) is 3.82. The summed E-state index contributed by atoms with van der Waals surface area (Å²) in [7, 11) is 0. The Hall–Kier alpha value is -2.20. The Bertz CT molecular complexity index is 731. The van der Waals surface area contributed by atoms with Crippen LogP contribution in [0.1, 0.15) is 16.7 Å². The number of hydrogen-bond acceptors (Lipinski definition) is 3. The number of pyridine rings is 1. The molecule has 0 saturated heterocycles. The number of aromatic nitrogens is 3. The predicted octanol–water partition coefficient (Wildman–Crippen LogP) is 2.84. The first-order valence-electron chi connectivity index (χ1n) is 7.26. The van der Waals surface area contributed by atoms with E-state index >= 15 is 0 Å². The first-order chi connectivity index (χ1) is 10.2. The van der Waals surface area contributed by atoms with Crippen LogP contribution in [-0.4, -0.2) is 21.1 Å². The van der Waals surface area contributed by atoms with E-state index in [1.54, 1.807) is 6.20 Å². The fourth-order valence-corrected chi connectivity index (χ4v) is 2.43. The smallest absolute Gasteiger partial charge is 0.0958 e. The number of rotatable bonds is 5. The molecule has 108 valence electrons. The minimum Gasteiger partial charge on any atom is -0.329 e. The van der Waals surface area contributed by atoms with Gasteiger partial charge in [0.25, 0.3) is 0 Å². The quantitative estimate of drug-likeness (QED) is 0.731. The van der Waals surface area contributed by atoms with Crippen molar-refractivity contribution >= 4 is 11.0 Å². The van der Waals surface area contributed by atoms with Crippen LogP contribution in [0.4, 0.5) is 0 Å². The van der Waals surface area contributed by atoms with Gasteiger partial charge in [-0.1, -0.05) is 6.07 Å². The fourth-order valence-electron chi connectivity index (χ4n) is 2.43. The van der Waals surface area contributed by atoms with Crippen LogP contribution < -0.4 is 5.32 Å². The molecule has 4 heteroatoms. The normalized spacial score (nSPS) is 11.1. The zero-order valence-corrected chi connectivity index (χ0v) is 12.5. The molecule has 1 N–H and O–H groups in total. The van der Waals surface area contributed by atoms with Gasteiger partial charge in [-0.05, 0) is 48.7 Å². The number of hydrogen-bond donors (Lipinski definition) is 1. The number of aryl methyl sites for hydroxylation is 2. The fraction of sp³-hybridized carbons (Fsp3) is 0.294. The average molecular weight is 280 g/mol. The van der Waals surface area contributed by atoms with E-state index < -0.39 is 0 Å². The molecule has 0 aliphatic heterocycles. The van der Waals surface area contributed by atoms with Gasteiger partial charge in [-0.3, -0.25) is 4.98 Å². The van der Waals surface area contributed by atoms with Crippen molar-refractivity contribution in [3.05, 3.63) is 59.7 Å². The molecule has 0 atom stereocenters. The number of imidazole rings is 1. The van der Waals surface area contributed by atoms with Gasteiger partial charge in [-0.2, -0.15) is 0 Å². The lowest BCUT2D eigenvalue weighted by molar-refractivity contribution is 0.606. The second-order valence-corrected chi connectivity index (χ2v) is 5.40. The lowest BCUT2D eigenvalue weighted by atomic mass is 10.1. The monoisotopic (exact) mass is 280 g/mol. The van der Waals surface area contributed by atoms with Crippen molar-refractivity contribution in [2.75, 3.05) is 6.54 Å². The van der Waals surface area contributed by atoms with Crippen molar-refractivity contribution in [2.45, 2.75) is 26.9 Å². The zero-order chi connectivity index (χ0) is 14.7. The molecule has 21 heavy (non-hydrogen) atoms. The molecule has 0 spiro atoms. The highest BCUT2D eigenvalue weighted by molar-refractivity contribution is 5.77. The molecule has 2 aromatic heterocycles. The molecule has 3 aromatic rings. The van der Waals surface area contributed by atoms with Crippen LogP contribution in [0.15, 0.2) is 43.0 Å². The van der Waals surface area contributed by atoms with Gasteiger partial charge in [0, 0.05) is 32.0 Å². The molecule has 0 unspecified atom stereocenters. The standard InChI is InChI=1S/C17H20N4/c1-13-8-16-17(9-14(13)2)21(12-20-16)7-6-19-11-15-4-3-5-18-10-15/h3-5,8-10,12,19H,6-7,11H2,1-2H3. The molecule has 1 aromatic carbocycles. The Morgan fingerprint density at radius 2 is 2.05 bits per heavy atom. The van der Waals surface area contributed by atoms with Gasteiger partial charge in [0.2, 0.25) is 0 Å². The van der Waals surface area contributed by atoms with Gasteiger partial charge in [-0.15, -0.1) is 0 Å². The molecule has 0 fully saturated rings. The van der Waals surface area contributed by atoms with Crippen LogP contribution >= 0.6 is 0 Å². The van der Waals surface area contributed by atoms with Gasteiger partial charge >= 0.3 is 0 Å². The summed E-state index contributed by atoms with van der Waals surface area (Å²) in [4.78, 5) is 8.60. The van der Waals surface area contributed by atoms with Gasteiger partial charge in [0.15, 0.2) is 0 Å². The average Bonchev–Trinajstić information content (AvgIpc) is 2.87. The predicted molar refractivity (Wildman–Crippen MR) is 85.2 cm³/mol. The number of benzene rings is 1. The summed E-state index contributed by atoms with van der Waals surface area (Å²) in [6.45, 7) is 6.95. The highest BCUT2D eigenvalue weighted by Gasteiger charge is 2.04. The number of nitrogens with zero attached hydrogens (tertiary/aromatic N) is 3. The van der Waals surface area contributed by atoms with E-state index in [0.29, 0.717) is 0 Å². The van der Waals surface area contributed by atoms with E-state index in [1.165, 1.54) is 22.2 Å². The maximum Gasteiger partial charge on any atom is 0.0958 e. The molecular weight excluding hydrogens is 260 g/mol. The molecule has 3 rings (SSSR count). The van der Waals surface area contributed by atoms with E-state index in [9.17, 15) is 0 Å². The van der Waals surface area contributed by atoms with Gasteiger partial charge < -0.3 is 9.88 Å². The third-order valence-corrected chi connectivity index (χ3v) is 3.82. The van der Waals surface area contributed by atoms with Crippen molar-refractivity contribution < 1.29 is 0 Å². The van der Waals surface area contributed by atoms with Gasteiger partial charge in [0.05, 0.1) is 17.4 Å². The Morgan fingerprint density at radius 1 is 1.19 bits per heavy atom. The summed E-state index contributed by atoms with van der Waals surface area (Å²) < 4.78 is 2.21. The molecule has 0 aliphatic rings. The Kier molecular flexibility index (Phi) is 3.97. The Labute approximate surface area is 124 Å². The van der Waals surface area contributed by atoms with Crippen LogP contribution in [0, 0.1) is 13.8 Å². The van der Waals surface area contributed by atoms with Crippen LogP contribution in [0.3, 0.4) is 0 Å². The molecule has 0 amide bonds. The summed E-state index contributed by atoms with van der Waals surface area (Å²) in [5.74, 6) is 0. The summed E-state index contributed by atoms with van der Waals surface area (Å²) in [6, 6.07) is 8.42. The summed E-state index contributed by atoms with van der Waals surface area (Å²) >= 11 is 0. The lowest BCUT2D eigenvalue weighted by Gasteiger charge is -2.07. The molecule has 0 bridgehead atoms. The topological polar surface area (TPSA) is 42.7 Å².